The zero-order valence-electron chi connectivity index (χ0n) is 17.1. The van der Waals surface area contributed by atoms with Crippen molar-refractivity contribution in [3.05, 3.63) is 81.3 Å². The number of nitrogens with zero attached hydrogens (tertiary/aromatic N) is 4. The third-order valence-electron chi connectivity index (χ3n) is 5.38. The standard InChI is InChI=1S/C23H18N4O5/c1-26-22-17(11-25-26)23(30)27(13-24-22)9-8-19(28)31-12-15-10-20(29)32-18-7-6-14-4-2-3-5-16(14)21(15)18/h2-7,10-11,13H,8-9,12H2,1H3. The molecule has 3 aromatic heterocycles. The maximum Gasteiger partial charge on any atom is 0.336 e. The monoisotopic (exact) mass is 430 g/mol. The number of rotatable bonds is 5. The molecule has 0 amide bonds. The lowest BCUT2D eigenvalue weighted by Gasteiger charge is -2.10. The van der Waals surface area contributed by atoms with E-state index in [4.69, 9.17) is 9.15 Å². The Morgan fingerprint density at radius 1 is 1.12 bits per heavy atom. The first kappa shape index (κ1) is 19.7. The Bertz CT molecular complexity index is 1610. The van der Waals surface area contributed by atoms with Crippen LogP contribution in [-0.2, 0) is 29.7 Å². The fourth-order valence-electron chi connectivity index (χ4n) is 3.80. The second-order valence-corrected chi connectivity index (χ2v) is 7.41. The first-order valence-corrected chi connectivity index (χ1v) is 9.98. The number of hydrogen-bond donors (Lipinski definition) is 0. The van der Waals surface area contributed by atoms with Crippen molar-refractivity contribution in [2.45, 2.75) is 19.6 Å². The molecule has 0 N–H and O–H groups in total. The minimum Gasteiger partial charge on any atom is -0.461 e. The van der Waals surface area contributed by atoms with Crippen LogP contribution < -0.4 is 11.2 Å². The summed E-state index contributed by atoms with van der Waals surface area (Å²) in [5.74, 6) is -0.496. The van der Waals surface area contributed by atoms with Gasteiger partial charge >= 0.3 is 11.6 Å². The molecule has 32 heavy (non-hydrogen) atoms. The molecule has 0 fully saturated rings. The topological polar surface area (TPSA) is 109 Å². The van der Waals surface area contributed by atoms with Gasteiger partial charge in [0.05, 0.1) is 18.9 Å². The molecule has 3 heterocycles. The van der Waals surface area contributed by atoms with E-state index in [1.54, 1.807) is 13.1 Å². The van der Waals surface area contributed by atoms with Crippen LogP contribution in [0.1, 0.15) is 12.0 Å². The molecule has 160 valence electrons. The number of esters is 1. The molecule has 9 nitrogen and oxygen atoms in total. The Morgan fingerprint density at radius 2 is 1.97 bits per heavy atom. The molecule has 2 aromatic carbocycles. The molecule has 0 saturated heterocycles. The molecular formula is C23H18N4O5. The highest BCUT2D eigenvalue weighted by molar-refractivity contribution is 6.07. The van der Waals surface area contributed by atoms with Crippen molar-refractivity contribution in [2.24, 2.45) is 7.05 Å². The van der Waals surface area contributed by atoms with Crippen LogP contribution in [0.3, 0.4) is 0 Å². The Kier molecular flexibility index (Phi) is 4.78. The Labute approximate surface area is 180 Å². The van der Waals surface area contributed by atoms with E-state index in [0.29, 0.717) is 22.2 Å². The zero-order chi connectivity index (χ0) is 22.2. The molecule has 0 atom stereocenters. The lowest BCUT2D eigenvalue weighted by atomic mass is 10.0. The lowest BCUT2D eigenvalue weighted by molar-refractivity contribution is -0.145. The van der Waals surface area contributed by atoms with Gasteiger partial charge in [0.25, 0.3) is 5.56 Å². The normalized spacial score (nSPS) is 11.4. The fraction of sp³-hybridized carbons (Fsp3) is 0.174. The van der Waals surface area contributed by atoms with Crippen LogP contribution in [-0.4, -0.2) is 25.3 Å². The minimum absolute atomic E-state index is 0.0204. The number of carbonyl (C=O) groups excluding carboxylic acids is 1. The smallest absolute Gasteiger partial charge is 0.336 e. The van der Waals surface area contributed by atoms with Crippen molar-refractivity contribution in [3.8, 4) is 0 Å². The number of aromatic nitrogens is 4. The Hall–Kier alpha value is -4.27. The average Bonchev–Trinajstić information content (AvgIpc) is 3.18. The van der Waals surface area contributed by atoms with Gasteiger partial charge in [0.1, 0.15) is 17.6 Å². The summed E-state index contributed by atoms with van der Waals surface area (Å²) in [5, 5.41) is 7.04. The van der Waals surface area contributed by atoms with Gasteiger partial charge in [-0.05, 0) is 16.8 Å². The fourth-order valence-corrected chi connectivity index (χ4v) is 3.80. The summed E-state index contributed by atoms with van der Waals surface area (Å²) in [4.78, 5) is 41.1. The second-order valence-electron chi connectivity index (χ2n) is 7.41. The quantitative estimate of drug-likeness (QED) is 0.239. The van der Waals surface area contributed by atoms with Crippen molar-refractivity contribution in [2.75, 3.05) is 0 Å². The van der Waals surface area contributed by atoms with Crippen molar-refractivity contribution < 1.29 is 13.9 Å². The van der Waals surface area contributed by atoms with Crippen LogP contribution in [0.4, 0.5) is 0 Å². The van der Waals surface area contributed by atoms with E-state index in [9.17, 15) is 14.4 Å². The lowest BCUT2D eigenvalue weighted by Crippen LogP contribution is -2.22. The van der Waals surface area contributed by atoms with Crippen molar-refractivity contribution in [1.82, 2.24) is 19.3 Å². The van der Waals surface area contributed by atoms with E-state index in [0.717, 1.165) is 16.2 Å². The van der Waals surface area contributed by atoms with Crippen LogP contribution >= 0.6 is 0 Å². The van der Waals surface area contributed by atoms with E-state index in [2.05, 4.69) is 10.1 Å². The van der Waals surface area contributed by atoms with Crippen molar-refractivity contribution in [3.63, 3.8) is 0 Å². The van der Waals surface area contributed by atoms with Crippen molar-refractivity contribution in [1.29, 1.82) is 0 Å². The molecule has 0 aliphatic carbocycles. The summed E-state index contributed by atoms with van der Waals surface area (Å²) >= 11 is 0. The SMILES string of the molecule is Cn1ncc2c(=O)n(CCC(=O)OCc3cc(=O)oc4ccc5ccccc5c34)cnc21. The van der Waals surface area contributed by atoms with Gasteiger partial charge < -0.3 is 9.15 Å². The predicted octanol–water partition coefficient (Wildman–Crippen LogP) is 2.52. The first-order chi connectivity index (χ1) is 15.5. The molecule has 0 saturated carbocycles. The summed E-state index contributed by atoms with van der Waals surface area (Å²) in [6.07, 6.45) is 2.82. The van der Waals surface area contributed by atoms with Gasteiger partial charge in [-0.25, -0.2) is 9.78 Å². The molecular weight excluding hydrogens is 412 g/mol. The molecule has 0 radical (unpaired) electrons. The minimum atomic E-state index is -0.513. The Balaban J connectivity index is 1.35. The van der Waals surface area contributed by atoms with Crippen molar-refractivity contribution >= 4 is 38.7 Å². The molecule has 0 bridgehead atoms. The van der Waals surface area contributed by atoms with E-state index in [1.807, 2.05) is 30.3 Å². The highest BCUT2D eigenvalue weighted by atomic mass is 16.5. The summed E-state index contributed by atoms with van der Waals surface area (Å²) in [6.45, 7) is 0.0415. The average molecular weight is 430 g/mol. The van der Waals surface area contributed by atoms with Crippen LogP contribution in [0.15, 0.2) is 69.0 Å². The number of ether oxygens (including phenoxy) is 1. The number of aryl methyl sites for hydroxylation is 2. The van der Waals surface area contributed by atoms with E-state index >= 15 is 0 Å². The number of fused-ring (bicyclic) bond motifs is 4. The maximum absolute atomic E-state index is 12.5. The van der Waals surface area contributed by atoms with E-state index in [-0.39, 0.29) is 25.1 Å². The van der Waals surface area contributed by atoms with E-state index < -0.39 is 11.6 Å². The summed E-state index contributed by atoms with van der Waals surface area (Å²) in [5.41, 5.74) is 0.702. The molecule has 5 aromatic rings. The van der Waals surface area contributed by atoms with Crippen LogP contribution in [0, 0.1) is 0 Å². The third kappa shape index (κ3) is 3.43. The summed E-state index contributed by atoms with van der Waals surface area (Å²) in [6, 6.07) is 12.7. The van der Waals surface area contributed by atoms with E-state index in [1.165, 1.54) is 27.8 Å². The number of hydrogen-bond acceptors (Lipinski definition) is 7. The van der Waals surface area contributed by atoms with Gasteiger partial charge in [0.15, 0.2) is 5.65 Å². The van der Waals surface area contributed by atoms with Gasteiger partial charge in [-0.15, -0.1) is 0 Å². The molecule has 0 unspecified atom stereocenters. The second kappa shape index (κ2) is 7.77. The van der Waals surface area contributed by atoms with Gasteiger partial charge in [0, 0.05) is 30.6 Å². The molecule has 0 aliphatic rings. The zero-order valence-corrected chi connectivity index (χ0v) is 17.1. The highest BCUT2D eigenvalue weighted by Gasteiger charge is 2.13. The summed E-state index contributed by atoms with van der Waals surface area (Å²) in [7, 11) is 1.70. The molecule has 0 aliphatic heterocycles. The molecule has 5 rings (SSSR count). The van der Waals surface area contributed by atoms with Gasteiger partial charge in [-0.1, -0.05) is 30.3 Å². The molecule has 9 heteroatoms. The van der Waals surface area contributed by atoms with Gasteiger partial charge in [-0.3, -0.25) is 18.8 Å². The molecule has 0 spiro atoms. The number of benzene rings is 2. The highest BCUT2D eigenvalue weighted by Crippen LogP contribution is 2.27. The predicted molar refractivity (Wildman–Crippen MR) is 117 cm³/mol. The van der Waals surface area contributed by atoms with Crippen LogP contribution in [0.2, 0.25) is 0 Å². The van der Waals surface area contributed by atoms with Crippen LogP contribution in [0.25, 0.3) is 32.8 Å². The largest absolute Gasteiger partial charge is 0.461 e. The first-order valence-electron chi connectivity index (χ1n) is 9.98. The number of carbonyl (C=O) groups is 1. The summed E-state index contributed by atoms with van der Waals surface area (Å²) < 4.78 is 13.6. The Morgan fingerprint density at radius 3 is 2.84 bits per heavy atom. The van der Waals surface area contributed by atoms with Crippen LogP contribution in [0.5, 0.6) is 0 Å². The van der Waals surface area contributed by atoms with Gasteiger partial charge in [0.2, 0.25) is 0 Å². The third-order valence-corrected chi connectivity index (χ3v) is 5.38. The maximum atomic E-state index is 12.5. The van der Waals surface area contributed by atoms with Gasteiger partial charge in [-0.2, -0.15) is 5.10 Å².